The van der Waals surface area contributed by atoms with Crippen molar-refractivity contribution in [2.75, 3.05) is 6.61 Å². The zero-order chi connectivity index (χ0) is 20.6. The number of hydrogen-bond donors (Lipinski definition) is 3. The number of rotatable bonds is 6. The van der Waals surface area contributed by atoms with Crippen LogP contribution in [0.25, 0.3) is 0 Å². The first-order valence-electron chi connectivity index (χ1n) is 9.57. The van der Waals surface area contributed by atoms with E-state index in [1.165, 1.54) is 12.1 Å². The van der Waals surface area contributed by atoms with Gasteiger partial charge in [-0.05, 0) is 44.7 Å². The van der Waals surface area contributed by atoms with Crippen molar-refractivity contribution in [1.29, 1.82) is 0 Å². The molecule has 0 spiro atoms. The molecule has 2 atom stereocenters. The predicted molar refractivity (Wildman–Crippen MR) is 100 cm³/mol. The topological polar surface area (TPSA) is 97.9 Å². The van der Waals surface area contributed by atoms with Crippen molar-refractivity contribution in [3.63, 3.8) is 0 Å². The summed E-state index contributed by atoms with van der Waals surface area (Å²) in [7, 11) is 0. The number of halogens is 2. The van der Waals surface area contributed by atoms with Crippen LogP contribution < -0.4 is 20.9 Å². The van der Waals surface area contributed by atoms with Gasteiger partial charge in [0, 0.05) is 29.6 Å². The van der Waals surface area contributed by atoms with Crippen molar-refractivity contribution in [2.24, 2.45) is 0 Å². The highest BCUT2D eigenvalue weighted by Gasteiger charge is 2.62. The minimum absolute atomic E-state index is 0.00425. The Morgan fingerprint density at radius 3 is 2.72 bits per heavy atom. The largest absolute Gasteiger partial charge is 0.484 e. The Morgan fingerprint density at radius 2 is 2.03 bits per heavy atom. The normalized spacial score (nSPS) is 32.9. The van der Waals surface area contributed by atoms with Gasteiger partial charge < -0.3 is 15.4 Å². The van der Waals surface area contributed by atoms with Crippen LogP contribution in [0.5, 0.6) is 5.75 Å². The van der Waals surface area contributed by atoms with E-state index in [1.807, 2.05) is 6.92 Å². The van der Waals surface area contributed by atoms with Gasteiger partial charge in [-0.15, -0.1) is 4.99 Å². The molecular weight excluding hydrogens is 405 g/mol. The Kier molecular flexibility index (Phi) is 5.41. The van der Waals surface area contributed by atoms with Crippen LogP contribution in [0.3, 0.4) is 0 Å². The summed E-state index contributed by atoms with van der Waals surface area (Å²) in [6.07, 6.45) is 2.74. The minimum Gasteiger partial charge on any atom is -0.484 e. The first kappa shape index (κ1) is 20.3. The highest BCUT2D eigenvalue weighted by Crippen LogP contribution is 2.55. The lowest BCUT2D eigenvalue weighted by molar-refractivity contribution is -0.382. The lowest BCUT2D eigenvalue weighted by atomic mass is 9.71. The Morgan fingerprint density at radius 1 is 1.31 bits per heavy atom. The fourth-order valence-electron chi connectivity index (χ4n) is 4.49. The summed E-state index contributed by atoms with van der Waals surface area (Å²) in [5.74, 6) is -0.852. The van der Waals surface area contributed by atoms with Crippen LogP contribution >= 0.6 is 11.6 Å². The number of ether oxygens (including phenoxy) is 1. The number of benzene rings is 1. The van der Waals surface area contributed by atoms with Crippen molar-refractivity contribution in [1.82, 2.24) is 16.1 Å². The Bertz CT molecular complexity index is 817. The number of hydrogen-bond acceptors (Lipinski definition) is 6. The minimum atomic E-state index is -0.654. The summed E-state index contributed by atoms with van der Waals surface area (Å²) in [6.45, 7) is 1.68. The van der Waals surface area contributed by atoms with Gasteiger partial charge in [0.15, 0.2) is 12.7 Å². The van der Waals surface area contributed by atoms with Crippen molar-refractivity contribution < 1.29 is 28.6 Å². The van der Waals surface area contributed by atoms with E-state index in [2.05, 4.69) is 16.1 Å². The molecule has 5 rings (SSSR count). The zero-order valence-electron chi connectivity index (χ0n) is 15.9. The molecule has 158 valence electrons. The summed E-state index contributed by atoms with van der Waals surface area (Å²) in [6, 6.07) is 4.04. The van der Waals surface area contributed by atoms with E-state index in [4.69, 9.17) is 26.2 Å². The number of carbonyl (C=O) groups excluding carboxylic acids is 2. The Labute approximate surface area is 172 Å². The number of carbonyl (C=O) groups is 2. The summed E-state index contributed by atoms with van der Waals surface area (Å²) in [4.78, 5) is 34.5. The van der Waals surface area contributed by atoms with Gasteiger partial charge in [0.25, 0.3) is 11.8 Å². The maximum absolute atomic E-state index is 13.4. The van der Waals surface area contributed by atoms with Crippen molar-refractivity contribution in [2.45, 2.75) is 62.3 Å². The molecule has 0 aromatic heterocycles. The van der Waals surface area contributed by atoms with E-state index in [1.54, 1.807) is 0 Å². The van der Waals surface area contributed by atoms with Crippen molar-refractivity contribution in [3.8, 4) is 5.75 Å². The second kappa shape index (κ2) is 7.71. The molecule has 8 nitrogen and oxygen atoms in total. The van der Waals surface area contributed by atoms with E-state index < -0.39 is 11.9 Å². The molecule has 3 saturated carbocycles. The van der Waals surface area contributed by atoms with Gasteiger partial charge in [0.1, 0.15) is 11.6 Å². The molecule has 4 aliphatic rings. The first-order chi connectivity index (χ1) is 13.8. The van der Waals surface area contributed by atoms with Gasteiger partial charge in [-0.25, -0.2) is 9.28 Å². The lowest BCUT2D eigenvalue weighted by Crippen LogP contribution is -2.66. The van der Waals surface area contributed by atoms with Gasteiger partial charge in [0.05, 0.1) is 5.02 Å². The van der Waals surface area contributed by atoms with E-state index in [9.17, 15) is 14.0 Å². The zero-order valence-corrected chi connectivity index (χ0v) is 16.7. The van der Waals surface area contributed by atoms with Gasteiger partial charge in [-0.1, -0.05) is 11.6 Å². The molecule has 2 bridgehead atoms. The molecular formula is C19H23ClFN3O5. The number of amides is 2. The summed E-state index contributed by atoms with van der Waals surface area (Å²) >= 11 is 5.63. The smallest absolute Gasteiger partial charge is 0.258 e. The highest BCUT2D eigenvalue weighted by atomic mass is 35.5. The second-order valence-corrected chi connectivity index (χ2v) is 8.65. The van der Waals surface area contributed by atoms with Gasteiger partial charge in [-0.3, -0.25) is 9.59 Å². The van der Waals surface area contributed by atoms with Crippen LogP contribution in [0.15, 0.2) is 18.2 Å². The first-order valence-corrected chi connectivity index (χ1v) is 9.95. The Balaban J connectivity index is 1.25. The summed E-state index contributed by atoms with van der Waals surface area (Å²) < 4.78 is 18.8. The van der Waals surface area contributed by atoms with Gasteiger partial charge >= 0.3 is 0 Å². The van der Waals surface area contributed by atoms with Crippen LogP contribution in [-0.4, -0.2) is 41.6 Å². The highest BCUT2D eigenvalue weighted by molar-refractivity contribution is 6.30. The molecule has 1 saturated heterocycles. The third-order valence-corrected chi connectivity index (χ3v) is 6.07. The molecule has 2 unspecified atom stereocenters. The number of fused-ring (bicyclic) bond motifs is 1. The molecule has 1 aromatic carbocycles. The second-order valence-electron chi connectivity index (χ2n) is 8.24. The number of nitrogens with one attached hydrogen (secondary N) is 3. The van der Waals surface area contributed by atoms with Crippen LogP contribution in [0.1, 0.15) is 39.0 Å². The fraction of sp³-hybridized carbons (Fsp3) is 0.579. The molecule has 0 radical (unpaired) electrons. The monoisotopic (exact) mass is 427 g/mol. The van der Waals surface area contributed by atoms with Crippen molar-refractivity contribution in [3.05, 3.63) is 29.0 Å². The number of hydroxylamine groups is 1. The molecule has 1 aromatic rings. The molecule has 1 heterocycles. The molecule has 3 N–H and O–H groups in total. The molecule has 3 aliphatic carbocycles. The summed E-state index contributed by atoms with van der Waals surface area (Å²) in [5.41, 5.74) is 2.00. The van der Waals surface area contributed by atoms with E-state index in [0.717, 1.165) is 18.9 Å². The maximum Gasteiger partial charge on any atom is 0.258 e. The van der Waals surface area contributed by atoms with Crippen LogP contribution in [0, 0.1) is 5.82 Å². The van der Waals surface area contributed by atoms with Crippen LogP contribution in [0.4, 0.5) is 4.39 Å². The SMILES string of the molecule is CC1CC(C(=O)NC23CCC(NC(=O)COc4ccc(Cl)c(F)c4)(C2)C3)OON1. The quantitative estimate of drug-likeness (QED) is 0.598. The third-order valence-electron chi connectivity index (χ3n) is 5.76. The standard InChI is InChI=1S/C19H23ClFN3O5/c1-11-6-15(28-29-24-11)17(26)23-19-5-4-18(9-19,10-19)22-16(25)8-27-12-2-3-13(20)14(21)7-12/h2-3,7,11,15,24H,4-6,8-10H2,1H3,(H,22,25)(H,23,26). The van der Waals surface area contributed by atoms with Crippen LogP contribution in [0.2, 0.25) is 5.02 Å². The molecule has 10 heteroatoms. The Hall–Kier alpha value is -1.94. The van der Waals surface area contributed by atoms with E-state index in [-0.39, 0.29) is 46.3 Å². The van der Waals surface area contributed by atoms with Crippen LogP contribution in [-0.2, 0) is 19.5 Å². The van der Waals surface area contributed by atoms with E-state index in [0.29, 0.717) is 19.3 Å². The third kappa shape index (κ3) is 4.32. The van der Waals surface area contributed by atoms with Gasteiger partial charge in [-0.2, -0.15) is 5.48 Å². The van der Waals surface area contributed by atoms with Gasteiger partial charge in [0.2, 0.25) is 0 Å². The molecule has 2 amide bonds. The average molecular weight is 428 g/mol. The average Bonchev–Trinajstić information content (AvgIpc) is 3.17. The lowest BCUT2D eigenvalue weighted by Gasteiger charge is -2.48. The maximum atomic E-state index is 13.4. The molecule has 4 fully saturated rings. The fourth-order valence-corrected chi connectivity index (χ4v) is 4.61. The summed E-state index contributed by atoms with van der Waals surface area (Å²) in [5, 5.41) is 6.07. The van der Waals surface area contributed by atoms with E-state index >= 15 is 0 Å². The molecule has 29 heavy (non-hydrogen) atoms. The van der Waals surface area contributed by atoms with Crippen molar-refractivity contribution >= 4 is 23.4 Å². The molecule has 1 aliphatic heterocycles. The predicted octanol–water partition coefficient (Wildman–Crippen LogP) is 1.77.